The number of hydrogen-bond acceptors (Lipinski definition) is 8. The Labute approximate surface area is 192 Å². The number of rotatable bonds is 9. The van der Waals surface area contributed by atoms with E-state index in [-0.39, 0.29) is 11.7 Å². The summed E-state index contributed by atoms with van der Waals surface area (Å²) in [5, 5.41) is 11.8. The number of carbonyl (C=O) groups is 1. The number of ether oxygens (including phenoxy) is 2. The minimum Gasteiger partial charge on any atom is -0.497 e. The quantitative estimate of drug-likeness (QED) is 0.402. The van der Waals surface area contributed by atoms with Gasteiger partial charge in [-0.1, -0.05) is 58.6 Å². The van der Waals surface area contributed by atoms with E-state index in [0.717, 1.165) is 25.7 Å². The molecule has 0 atom stereocenters. The van der Waals surface area contributed by atoms with Crippen molar-refractivity contribution in [3.8, 4) is 11.5 Å². The van der Waals surface area contributed by atoms with E-state index in [0.29, 0.717) is 16.5 Å². The lowest BCUT2D eigenvalue weighted by atomic mass is 10.2. The number of anilines is 1. The maximum Gasteiger partial charge on any atom is 0.234 e. The summed E-state index contributed by atoms with van der Waals surface area (Å²) in [6, 6.07) is 11.4. The van der Waals surface area contributed by atoms with E-state index in [9.17, 15) is 4.79 Å². The lowest BCUT2D eigenvalue weighted by Crippen LogP contribution is -2.14. The number of carbonyl (C=O) groups excluding carboxylic acids is 1. The van der Waals surface area contributed by atoms with Crippen LogP contribution in [0.3, 0.4) is 0 Å². The molecule has 0 spiro atoms. The zero-order valence-electron chi connectivity index (χ0n) is 16.6. The minimum absolute atomic E-state index is 0.150. The summed E-state index contributed by atoms with van der Waals surface area (Å²) >= 11 is 10.5. The number of benzene rings is 2. The highest BCUT2D eigenvalue weighted by Crippen LogP contribution is 2.33. The fourth-order valence-corrected chi connectivity index (χ4v) is 5.35. The number of nitrogens with one attached hydrogen (secondary N) is 1. The fourth-order valence-electron chi connectivity index (χ4n) is 2.42. The number of methoxy groups -OCH3 is 2. The molecule has 0 saturated heterocycles. The number of nitrogens with zero attached hydrogens (tertiary/aromatic N) is 2. The van der Waals surface area contributed by atoms with E-state index in [1.807, 2.05) is 31.2 Å². The van der Waals surface area contributed by atoms with Gasteiger partial charge in [0.1, 0.15) is 11.5 Å². The lowest BCUT2D eigenvalue weighted by molar-refractivity contribution is -0.113. The molecule has 30 heavy (non-hydrogen) atoms. The van der Waals surface area contributed by atoms with Crippen LogP contribution in [0.4, 0.5) is 5.69 Å². The summed E-state index contributed by atoms with van der Waals surface area (Å²) in [5.74, 6) is 2.23. The van der Waals surface area contributed by atoms with Crippen molar-refractivity contribution in [1.29, 1.82) is 0 Å². The zero-order valence-corrected chi connectivity index (χ0v) is 19.8. The standard InChI is InChI=1S/C20H20ClN3O3S3/c1-12-8-16(17(27-3)9-15(12)21)22-18(25)11-29-20-24-23-19(30-20)28-10-13-4-6-14(26-2)7-5-13/h4-9H,10-11H2,1-3H3,(H,22,25). The summed E-state index contributed by atoms with van der Waals surface area (Å²) in [7, 11) is 3.19. The Bertz CT molecular complexity index is 1010. The first-order chi connectivity index (χ1) is 14.5. The van der Waals surface area contributed by atoms with E-state index in [1.165, 1.54) is 35.8 Å². The smallest absolute Gasteiger partial charge is 0.234 e. The molecule has 3 rings (SSSR count). The van der Waals surface area contributed by atoms with E-state index in [2.05, 4.69) is 15.5 Å². The monoisotopic (exact) mass is 481 g/mol. The summed E-state index contributed by atoms with van der Waals surface area (Å²) in [6.45, 7) is 1.87. The molecule has 2 aromatic carbocycles. The van der Waals surface area contributed by atoms with Gasteiger partial charge in [0.2, 0.25) is 5.91 Å². The minimum atomic E-state index is -0.150. The molecule has 0 aliphatic carbocycles. The highest BCUT2D eigenvalue weighted by Gasteiger charge is 2.13. The first kappa shape index (κ1) is 22.7. The van der Waals surface area contributed by atoms with E-state index in [1.54, 1.807) is 31.0 Å². The number of thioether (sulfide) groups is 2. The molecule has 10 heteroatoms. The fraction of sp³-hybridized carbons (Fsp3) is 0.250. The van der Waals surface area contributed by atoms with Crippen LogP contribution in [0.5, 0.6) is 11.5 Å². The van der Waals surface area contributed by atoms with Crippen LogP contribution >= 0.6 is 46.5 Å². The lowest BCUT2D eigenvalue weighted by Gasteiger charge is -2.11. The molecule has 6 nitrogen and oxygen atoms in total. The van der Waals surface area contributed by atoms with E-state index in [4.69, 9.17) is 21.1 Å². The third-order valence-corrected chi connectivity index (χ3v) is 7.66. The molecule has 0 fully saturated rings. The van der Waals surface area contributed by atoms with Crippen LogP contribution in [0.15, 0.2) is 45.1 Å². The van der Waals surface area contributed by atoms with Gasteiger partial charge in [0.05, 0.1) is 25.7 Å². The molecule has 3 aromatic rings. The Morgan fingerprint density at radius 2 is 1.80 bits per heavy atom. The average molecular weight is 482 g/mol. The highest BCUT2D eigenvalue weighted by atomic mass is 35.5. The molecule has 0 aliphatic rings. The predicted octanol–water partition coefficient (Wildman–Crippen LogP) is 5.54. The first-order valence-corrected chi connectivity index (χ1v) is 12.0. The van der Waals surface area contributed by atoms with Crippen molar-refractivity contribution in [2.24, 2.45) is 0 Å². The Morgan fingerprint density at radius 1 is 1.10 bits per heavy atom. The number of aromatic nitrogens is 2. The van der Waals surface area contributed by atoms with Crippen molar-refractivity contribution in [2.45, 2.75) is 21.4 Å². The largest absolute Gasteiger partial charge is 0.497 e. The van der Waals surface area contributed by atoms with Gasteiger partial charge in [0.25, 0.3) is 0 Å². The van der Waals surface area contributed by atoms with Gasteiger partial charge in [0.15, 0.2) is 8.68 Å². The predicted molar refractivity (Wildman–Crippen MR) is 125 cm³/mol. The Hall–Kier alpha value is -1.94. The molecule has 1 aromatic heterocycles. The third-order valence-electron chi connectivity index (χ3n) is 3.99. The molecule has 0 bridgehead atoms. The Kier molecular flexibility index (Phi) is 8.26. The average Bonchev–Trinajstić information content (AvgIpc) is 3.21. The second kappa shape index (κ2) is 10.9. The van der Waals surface area contributed by atoms with Crippen molar-refractivity contribution >= 4 is 58.1 Å². The van der Waals surface area contributed by atoms with Crippen LogP contribution in [-0.4, -0.2) is 36.1 Å². The van der Waals surface area contributed by atoms with Gasteiger partial charge >= 0.3 is 0 Å². The van der Waals surface area contributed by atoms with Gasteiger partial charge in [0, 0.05) is 16.8 Å². The van der Waals surface area contributed by atoms with Gasteiger partial charge in [-0.05, 0) is 36.2 Å². The van der Waals surface area contributed by atoms with Crippen molar-refractivity contribution < 1.29 is 14.3 Å². The third kappa shape index (κ3) is 6.28. The van der Waals surface area contributed by atoms with Gasteiger partial charge in [-0.2, -0.15) is 0 Å². The van der Waals surface area contributed by atoms with E-state index >= 15 is 0 Å². The van der Waals surface area contributed by atoms with Crippen LogP contribution in [0.2, 0.25) is 5.02 Å². The molecule has 1 heterocycles. The molecule has 1 N–H and O–H groups in total. The molecule has 1 amide bonds. The summed E-state index contributed by atoms with van der Waals surface area (Å²) in [5.41, 5.74) is 2.64. The van der Waals surface area contributed by atoms with Crippen molar-refractivity contribution in [3.63, 3.8) is 0 Å². The van der Waals surface area contributed by atoms with Crippen molar-refractivity contribution in [1.82, 2.24) is 10.2 Å². The van der Waals surface area contributed by atoms with Crippen LogP contribution < -0.4 is 14.8 Å². The second-order valence-electron chi connectivity index (χ2n) is 6.11. The summed E-state index contributed by atoms with van der Waals surface area (Å²) in [4.78, 5) is 12.3. The van der Waals surface area contributed by atoms with Gasteiger partial charge in [-0.15, -0.1) is 10.2 Å². The number of amides is 1. The molecule has 0 radical (unpaired) electrons. The van der Waals surface area contributed by atoms with Crippen molar-refractivity contribution in [2.75, 3.05) is 25.3 Å². The van der Waals surface area contributed by atoms with Crippen LogP contribution in [-0.2, 0) is 10.5 Å². The topological polar surface area (TPSA) is 73.3 Å². The maximum atomic E-state index is 12.3. The normalized spacial score (nSPS) is 10.7. The molecule has 0 aliphatic heterocycles. The van der Waals surface area contributed by atoms with E-state index < -0.39 is 0 Å². The van der Waals surface area contributed by atoms with Crippen molar-refractivity contribution in [3.05, 3.63) is 52.5 Å². The molecule has 158 valence electrons. The zero-order chi connectivity index (χ0) is 21.5. The van der Waals surface area contributed by atoms with Gasteiger partial charge < -0.3 is 14.8 Å². The van der Waals surface area contributed by atoms with Crippen LogP contribution in [0.25, 0.3) is 0 Å². The number of hydrogen-bond donors (Lipinski definition) is 1. The second-order valence-corrected chi connectivity index (χ2v) is 9.94. The molecular weight excluding hydrogens is 462 g/mol. The molecule has 0 saturated carbocycles. The SMILES string of the molecule is COc1ccc(CSc2nnc(SCC(=O)Nc3cc(C)c(Cl)cc3OC)s2)cc1. The van der Waals surface area contributed by atoms with Gasteiger partial charge in [-0.25, -0.2) is 0 Å². The number of halogens is 1. The molecule has 0 unspecified atom stereocenters. The first-order valence-electron chi connectivity index (χ1n) is 8.84. The maximum absolute atomic E-state index is 12.3. The summed E-state index contributed by atoms with van der Waals surface area (Å²) < 4.78 is 12.1. The Morgan fingerprint density at radius 3 is 2.47 bits per heavy atom. The number of aryl methyl sites for hydroxylation is 1. The van der Waals surface area contributed by atoms with Crippen LogP contribution in [0, 0.1) is 6.92 Å². The Balaban J connectivity index is 1.50. The summed E-state index contributed by atoms with van der Waals surface area (Å²) in [6.07, 6.45) is 0. The van der Waals surface area contributed by atoms with Crippen LogP contribution in [0.1, 0.15) is 11.1 Å². The highest BCUT2D eigenvalue weighted by molar-refractivity contribution is 8.03. The van der Waals surface area contributed by atoms with Gasteiger partial charge in [-0.3, -0.25) is 4.79 Å². The molecular formula is C20H20ClN3O3S3.